The number of aryl methyl sites for hydroxylation is 1. The second-order valence-corrected chi connectivity index (χ2v) is 7.26. The number of aromatic nitrogens is 1. The van der Waals surface area contributed by atoms with Crippen LogP contribution in [0.4, 0.5) is 0 Å². The van der Waals surface area contributed by atoms with E-state index in [0.29, 0.717) is 19.0 Å². The lowest BCUT2D eigenvalue weighted by Crippen LogP contribution is -2.30. The van der Waals surface area contributed by atoms with Crippen molar-refractivity contribution in [2.24, 2.45) is 0 Å². The van der Waals surface area contributed by atoms with E-state index in [1.165, 1.54) is 6.08 Å². The van der Waals surface area contributed by atoms with Gasteiger partial charge < -0.3 is 14.6 Å². The zero-order valence-electron chi connectivity index (χ0n) is 16.8. The van der Waals surface area contributed by atoms with E-state index in [0.717, 1.165) is 35.4 Å². The van der Waals surface area contributed by atoms with E-state index in [9.17, 15) is 14.9 Å². The highest BCUT2D eigenvalue weighted by Crippen LogP contribution is 2.38. The predicted octanol–water partition coefficient (Wildman–Crippen LogP) is 3.25. The van der Waals surface area contributed by atoms with Crippen LogP contribution in [-0.2, 0) is 20.7 Å². The summed E-state index contributed by atoms with van der Waals surface area (Å²) >= 11 is 0. The van der Waals surface area contributed by atoms with Crippen LogP contribution in [0.15, 0.2) is 42.0 Å². The average Bonchev–Trinajstić information content (AvgIpc) is 3.50. The zero-order chi connectivity index (χ0) is 20.8. The molecule has 1 aromatic carbocycles. The van der Waals surface area contributed by atoms with E-state index in [1.54, 1.807) is 0 Å². The van der Waals surface area contributed by atoms with Gasteiger partial charge in [-0.2, -0.15) is 5.26 Å². The number of carbonyl (C=O) groups excluding carboxylic acids is 2. The van der Waals surface area contributed by atoms with Gasteiger partial charge in [-0.05, 0) is 56.4 Å². The third-order valence-corrected chi connectivity index (χ3v) is 4.99. The SMILES string of the molecule is Cc1cc(/C=C(\C#N)C(=O)OCC(=O)NCCc2ccccc2)c(C)n1C1CC1. The molecule has 2 aromatic rings. The quantitative estimate of drug-likeness (QED) is 0.425. The number of carbonyl (C=O) groups is 2. The molecule has 0 bridgehead atoms. The molecule has 1 aromatic heterocycles. The molecule has 0 radical (unpaired) electrons. The first-order valence-corrected chi connectivity index (χ1v) is 9.77. The first kappa shape index (κ1) is 20.4. The fourth-order valence-corrected chi connectivity index (χ4v) is 3.39. The van der Waals surface area contributed by atoms with Gasteiger partial charge in [-0.1, -0.05) is 30.3 Å². The molecule has 0 aliphatic heterocycles. The highest BCUT2D eigenvalue weighted by molar-refractivity contribution is 5.99. The second-order valence-electron chi connectivity index (χ2n) is 7.26. The minimum atomic E-state index is -0.790. The Kier molecular flexibility index (Phi) is 6.50. The van der Waals surface area contributed by atoms with Gasteiger partial charge in [-0.3, -0.25) is 4.79 Å². The summed E-state index contributed by atoms with van der Waals surface area (Å²) in [6.45, 7) is 4.05. The maximum Gasteiger partial charge on any atom is 0.349 e. The highest BCUT2D eigenvalue weighted by Gasteiger charge is 2.27. The van der Waals surface area contributed by atoms with Gasteiger partial charge >= 0.3 is 5.97 Å². The lowest BCUT2D eigenvalue weighted by atomic mass is 10.1. The minimum Gasteiger partial charge on any atom is -0.451 e. The molecule has 1 aliphatic rings. The number of rotatable bonds is 8. The molecule has 6 heteroatoms. The number of amides is 1. The van der Waals surface area contributed by atoms with E-state index >= 15 is 0 Å². The molecule has 150 valence electrons. The third-order valence-electron chi connectivity index (χ3n) is 4.99. The monoisotopic (exact) mass is 391 g/mol. The first-order valence-electron chi connectivity index (χ1n) is 9.77. The zero-order valence-corrected chi connectivity index (χ0v) is 16.8. The smallest absolute Gasteiger partial charge is 0.349 e. The van der Waals surface area contributed by atoms with Gasteiger partial charge in [0.15, 0.2) is 6.61 Å². The van der Waals surface area contributed by atoms with E-state index in [-0.39, 0.29) is 5.57 Å². The maximum atomic E-state index is 12.2. The molecule has 1 amide bonds. The minimum absolute atomic E-state index is 0.113. The molecule has 1 saturated carbocycles. The van der Waals surface area contributed by atoms with Gasteiger partial charge in [0, 0.05) is 24.0 Å². The third kappa shape index (κ3) is 5.35. The van der Waals surface area contributed by atoms with Gasteiger partial charge in [-0.15, -0.1) is 0 Å². The number of ether oxygens (including phenoxy) is 1. The molecular weight excluding hydrogens is 366 g/mol. The fourth-order valence-electron chi connectivity index (χ4n) is 3.39. The number of nitrogens with one attached hydrogen (secondary N) is 1. The van der Waals surface area contributed by atoms with Crippen molar-refractivity contribution < 1.29 is 14.3 Å². The van der Waals surface area contributed by atoms with Gasteiger partial charge in [0.25, 0.3) is 5.91 Å². The summed E-state index contributed by atoms with van der Waals surface area (Å²) in [6.07, 6.45) is 4.55. The van der Waals surface area contributed by atoms with Crippen molar-refractivity contribution in [3.8, 4) is 6.07 Å². The Morgan fingerprint density at radius 2 is 2.00 bits per heavy atom. The topological polar surface area (TPSA) is 84.1 Å². The van der Waals surface area contributed by atoms with E-state index < -0.39 is 18.5 Å². The Morgan fingerprint density at radius 1 is 1.28 bits per heavy atom. The number of esters is 1. The van der Waals surface area contributed by atoms with Crippen molar-refractivity contribution in [2.45, 2.75) is 39.2 Å². The molecule has 3 rings (SSSR count). The summed E-state index contributed by atoms with van der Waals surface area (Å²) in [5, 5.41) is 12.1. The van der Waals surface area contributed by atoms with Crippen molar-refractivity contribution >= 4 is 18.0 Å². The Labute approximate surface area is 170 Å². The number of hydrogen-bond donors (Lipinski definition) is 1. The summed E-state index contributed by atoms with van der Waals surface area (Å²) in [7, 11) is 0. The molecule has 6 nitrogen and oxygen atoms in total. The largest absolute Gasteiger partial charge is 0.451 e. The van der Waals surface area contributed by atoms with Gasteiger partial charge in [-0.25, -0.2) is 4.79 Å². The Bertz CT molecular complexity index is 963. The maximum absolute atomic E-state index is 12.2. The molecule has 0 unspecified atom stereocenters. The van der Waals surface area contributed by atoms with Gasteiger partial charge in [0.05, 0.1) is 0 Å². The standard InChI is InChI=1S/C23H25N3O3/c1-16-12-19(17(2)26(16)21-8-9-21)13-20(14-24)23(28)29-15-22(27)25-11-10-18-6-4-3-5-7-18/h3-7,12-13,21H,8-11,15H2,1-2H3,(H,25,27)/b20-13+. The summed E-state index contributed by atoms with van der Waals surface area (Å²) < 4.78 is 7.26. The van der Waals surface area contributed by atoms with Gasteiger partial charge in [0.2, 0.25) is 0 Å². The summed E-state index contributed by atoms with van der Waals surface area (Å²) in [5.74, 6) is -1.18. The number of nitrogens with zero attached hydrogens (tertiary/aromatic N) is 2. The van der Waals surface area contributed by atoms with E-state index in [4.69, 9.17) is 4.74 Å². The number of hydrogen-bond acceptors (Lipinski definition) is 4. The van der Waals surface area contributed by atoms with Crippen molar-refractivity contribution in [2.75, 3.05) is 13.2 Å². The van der Waals surface area contributed by atoms with Crippen LogP contribution >= 0.6 is 0 Å². The normalized spacial score (nSPS) is 13.6. The van der Waals surface area contributed by atoms with Crippen LogP contribution in [0, 0.1) is 25.2 Å². The lowest BCUT2D eigenvalue weighted by Gasteiger charge is -2.07. The van der Waals surface area contributed by atoms with Crippen molar-refractivity contribution in [3.63, 3.8) is 0 Å². The van der Waals surface area contributed by atoms with Crippen LogP contribution in [0.1, 0.15) is 41.4 Å². The molecular formula is C23H25N3O3. The Hall–Kier alpha value is -3.33. The second kappa shape index (κ2) is 9.24. The van der Waals surface area contributed by atoms with Crippen LogP contribution in [0.5, 0.6) is 0 Å². The molecule has 1 fully saturated rings. The average molecular weight is 391 g/mol. The van der Waals surface area contributed by atoms with Gasteiger partial charge in [0.1, 0.15) is 11.6 Å². The first-order chi connectivity index (χ1) is 14.0. The molecule has 0 atom stereocenters. The summed E-state index contributed by atoms with van der Waals surface area (Å²) in [6, 6.07) is 14.2. The van der Waals surface area contributed by atoms with E-state index in [2.05, 4.69) is 9.88 Å². The highest BCUT2D eigenvalue weighted by atomic mass is 16.5. The number of nitriles is 1. The Morgan fingerprint density at radius 3 is 2.66 bits per heavy atom. The molecule has 1 N–H and O–H groups in total. The summed E-state index contributed by atoms with van der Waals surface area (Å²) in [5.41, 5.74) is 3.97. The van der Waals surface area contributed by atoms with Crippen LogP contribution in [-0.4, -0.2) is 29.6 Å². The number of benzene rings is 1. The molecule has 0 spiro atoms. The molecule has 1 heterocycles. The van der Waals surface area contributed by atoms with Crippen LogP contribution in [0.25, 0.3) is 6.08 Å². The summed E-state index contributed by atoms with van der Waals surface area (Å²) in [4.78, 5) is 24.1. The lowest BCUT2D eigenvalue weighted by molar-refractivity contribution is -0.144. The molecule has 29 heavy (non-hydrogen) atoms. The molecule has 1 aliphatic carbocycles. The Balaban J connectivity index is 1.52. The van der Waals surface area contributed by atoms with Crippen LogP contribution in [0.3, 0.4) is 0 Å². The molecule has 0 saturated heterocycles. The fraction of sp³-hybridized carbons (Fsp3) is 0.348. The predicted molar refractivity (Wildman–Crippen MR) is 110 cm³/mol. The van der Waals surface area contributed by atoms with Crippen molar-refractivity contribution in [1.82, 2.24) is 9.88 Å². The van der Waals surface area contributed by atoms with Crippen molar-refractivity contribution in [3.05, 3.63) is 64.5 Å². The van der Waals surface area contributed by atoms with Crippen LogP contribution in [0.2, 0.25) is 0 Å². The van der Waals surface area contributed by atoms with E-state index in [1.807, 2.05) is 56.3 Å². The van der Waals surface area contributed by atoms with Crippen molar-refractivity contribution in [1.29, 1.82) is 5.26 Å². The van der Waals surface area contributed by atoms with Crippen LogP contribution < -0.4 is 5.32 Å².